The summed E-state index contributed by atoms with van der Waals surface area (Å²) >= 11 is 0. The molecule has 2 unspecified atom stereocenters. The molecule has 0 saturated heterocycles. The zero-order valence-corrected chi connectivity index (χ0v) is 14.7. The summed E-state index contributed by atoms with van der Waals surface area (Å²) in [7, 11) is 0. The van der Waals surface area contributed by atoms with Gasteiger partial charge in [0.25, 0.3) is 0 Å². The van der Waals surface area contributed by atoms with Crippen molar-refractivity contribution >= 4 is 18.3 Å². The van der Waals surface area contributed by atoms with Crippen LogP contribution in [0.2, 0.25) is 0 Å². The molecule has 0 aromatic heterocycles. The Morgan fingerprint density at radius 3 is 2.39 bits per heavy atom. The Morgan fingerprint density at radius 2 is 1.78 bits per heavy atom. The first-order valence-corrected chi connectivity index (χ1v) is 7.63. The SMILES string of the molecule is Cc1ccc(CNC(=O)C(C)C(N)c2ccccc2)c(C)c1.Cl. The van der Waals surface area contributed by atoms with Crippen LogP contribution in [0.15, 0.2) is 48.5 Å². The highest BCUT2D eigenvalue weighted by Crippen LogP contribution is 2.19. The molecule has 0 spiro atoms. The van der Waals surface area contributed by atoms with E-state index < -0.39 is 0 Å². The summed E-state index contributed by atoms with van der Waals surface area (Å²) in [6.45, 7) is 6.54. The van der Waals surface area contributed by atoms with E-state index in [1.165, 1.54) is 11.1 Å². The number of rotatable bonds is 5. The molecule has 2 rings (SSSR count). The van der Waals surface area contributed by atoms with E-state index in [0.29, 0.717) is 6.54 Å². The Bertz CT molecular complexity index is 643. The third kappa shape index (κ3) is 5.08. The van der Waals surface area contributed by atoms with Crippen molar-refractivity contribution < 1.29 is 4.79 Å². The first-order valence-electron chi connectivity index (χ1n) is 7.63. The van der Waals surface area contributed by atoms with E-state index in [1.807, 2.05) is 37.3 Å². The summed E-state index contributed by atoms with van der Waals surface area (Å²) in [6.07, 6.45) is 0. The van der Waals surface area contributed by atoms with Gasteiger partial charge in [-0.15, -0.1) is 12.4 Å². The number of amides is 1. The minimum atomic E-state index is -0.291. The second kappa shape index (κ2) is 8.70. The monoisotopic (exact) mass is 332 g/mol. The van der Waals surface area contributed by atoms with Crippen LogP contribution in [0, 0.1) is 19.8 Å². The minimum absolute atomic E-state index is 0. The summed E-state index contributed by atoms with van der Waals surface area (Å²) in [5, 5.41) is 2.99. The van der Waals surface area contributed by atoms with Gasteiger partial charge in [-0.1, -0.05) is 61.0 Å². The van der Waals surface area contributed by atoms with Crippen molar-refractivity contribution in [3.05, 3.63) is 70.8 Å². The predicted molar refractivity (Wildman–Crippen MR) is 97.5 cm³/mol. The van der Waals surface area contributed by atoms with Crippen molar-refractivity contribution in [2.24, 2.45) is 11.7 Å². The Labute approximate surface area is 144 Å². The molecule has 1 amide bonds. The first kappa shape index (κ1) is 19.2. The van der Waals surface area contributed by atoms with E-state index in [0.717, 1.165) is 11.1 Å². The fourth-order valence-corrected chi connectivity index (χ4v) is 2.51. The highest BCUT2D eigenvalue weighted by Gasteiger charge is 2.21. The zero-order valence-electron chi connectivity index (χ0n) is 13.9. The molecule has 124 valence electrons. The number of carbonyl (C=O) groups is 1. The molecule has 0 saturated carbocycles. The molecule has 3 nitrogen and oxygen atoms in total. The van der Waals surface area contributed by atoms with Crippen LogP contribution >= 0.6 is 12.4 Å². The standard InChI is InChI=1S/C19H24N2O.ClH/c1-13-9-10-17(14(2)11-13)12-21-19(22)15(3)18(20)16-7-5-4-6-8-16;/h4-11,15,18H,12,20H2,1-3H3,(H,21,22);1H. The van der Waals surface area contributed by atoms with E-state index in [1.54, 1.807) is 0 Å². The van der Waals surface area contributed by atoms with Gasteiger partial charge in [-0.05, 0) is 30.5 Å². The van der Waals surface area contributed by atoms with Crippen molar-refractivity contribution in [2.75, 3.05) is 0 Å². The van der Waals surface area contributed by atoms with E-state index in [2.05, 4.69) is 37.4 Å². The molecule has 4 heteroatoms. The molecule has 0 aliphatic heterocycles. The van der Waals surface area contributed by atoms with Crippen LogP contribution in [-0.2, 0) is 11.3 Å². The van der Waals surface area contributed by atoms with Crippen molar-refractivity contribution in [2.45, 2.75) is 33.4 Å². The predicted octanol–water partition coefficient (Wildman–Crippen LogP) is 3.68. The lowest BCUT2D eigenvalue weighted by Crippen LogP contribution is -2.35. The molecule has 3 N–H and O–H groups in total. The van der Waals surface area contributed by atoms with Crippen LogP contribution in [0.5, 0.6) is 0 Å². The van der Waals surface area contributed by atoms with E-state index in [-0.39, 0.29) is 30.3 Å². The number of nitrogens with two attached hydrogens (primary N) is 1. The number of carbonyl (C=O) groups excluding carboxylic acids is 1. The van der Waals surface area contributed by atoms with Gasteiger partial charge in [0, 0.05) is 12.6 Å². The number of hydrogen-bond acceptors (Lipinski definition) is 2. The quantitative estimate of drug-likeness (QED) is 0.877. The molecule has 0 heterocycles. The fourth-order valence-electron chi connectivity index (χ4n) is 2.51. The topological polar surface area (TPSA) is 55.1 Å². The van der Waals surface area contributed by atoms with E-state index >= 15 is 0 Å². The van der Waals surface area contributed by atoms with Crippen LogP contribution in [0.3, 0.4) is 0 Å². The number of hydrogen-bond donors (Lipinski definition) is 2. The maximum absolute atomic E-state index is 12.3. The highest BCUT2D eigenvalue weighted by molar-refractivity contribution is 5.85. The third-order valence-corrected chi connectivity index (χ3v) is 4.09. The third-order valence-electron chi connectivity index (χ3n) is 4.09. The molecule has 0 fully saturated rings. The molecule has 2 atom stereocenters. The average Bonchev–Trinajstić information content (AvgIpc) is 2.53. The first-order chi connectivity index (χ1) is 10.5. The number of benzene rings is 2. The molecule has 23 heavy (non-hydrogen) atoms. The van der Waals surface area contributed by atoms with Gasteiger partial charge in [0.2, 0.25) is 5.91 Å². The molecular weight excluding hydrogens is 308 g/mol. The lowest BCUT2D eigenvalue weighted by Gasteiger charge is -2.20. The van der Waals surface area contributed by atoms with Crippen molar-refractivity contribution in [1.82, 2.24) is 5.32 Å². The molecule has 0 radical (unpaired) electrons. The Hall–Kier alpha value is -1.84. The smallest absolute Gasteiger partial charge is 0.225 e. The van der Waals surface area contributed by atoms with E-state index in [4.69, 9.17) is 5.73 Å². The van der Waals surface area contributed by atoms with Gasteiger partial charge >= 0.3 is 0 Å². The maximum atomic E-state index is 12.3. The van der Waals surface area contributed by atoms with Gasteiger partial charge in [-0.3, -0.25) is 4.79 Å². The average molecular weight is 333 g/mol. The fraction of sp³-hybridized carbons (Fsp3) is 0.316. The van der Waals surface area contributed by atoms with E-state index in [9.17, 15) is 4.79 Å². The largest absolute Gasteiger partial charge is 0.352 e. The van der Waals surface area contributed by atoms with Crippen molar-refractivity contribution in [1.29, 1.82) is 0 Å². The number of halogens is 1. The summed E-state index contributed by atoms with van der Waals surface area (Å²) in [5.74, 6) is -0.288. The Morgan fingerprint density at radius 1 is 1.13 bits per heavy atom. The van der Waals surface area contributed by atoms with Gasteiger partial charge < -0.3 is 11.1 Å². The van der Waals surface area contributed by atoms with Crippen LogP contribution in [0.25, 0.3) is 0 Å². The summed E-state index contributed by atoms with van der Waals surface area (Å²) in [4.78, 5) is 12.3. The summed E-state index contributed by atoms with van der Waals surface area (Å²) in [5.41, 5.74) is 10.7. The van der Waals surface area contributed by atoms with Gasteiger partial charge in [0.15, 0.2) is 0 Å². The molecule has 0 aliphatic carbocycles. The lowest BCUT2D eigenvalue weighted by molar-refractivity contribution is -0.125. The van der Waals surface area contributed by atoms with Gasteiger partial charge in [-0.25, -0.2) is 0 Å². The van der Waals surface area contributed by atoms with Gasteiger partial charge in [0.05, 0.1) is 5.92 Å². The second-order valence-electron chi connectivity index (χ2n) is 5.87. The summed E-state index contributed by atoms with van der Waals surface area (Å²) in [6, 6.07) is 15.7. The minimum Gasteiger partial charge on any atom is -0.352 e. The number of aryl methyl sites for hydroxylation is 2. The maximum Gasteiger partial charge on any atom is 0.225 e. The molecule has 2 aromatic rings. The second-order valence-corrected chi connectivity index (χ2v) is 5.87. The Kier molecular flexibility index (Phi) is 7.27. The lowest BCUT2D eigenvalue weighted by atomic mass is 9.94. The van der Waals surface area contributed by atoms with Crippen LogP contribution in [-0.4, -0.2) is 5.91 Å². The van der Waals surface area contributed by atoms with Crippen molar-refractivity contribution in [3.63, 3.8) is 0 Å². The zero-order chi connectivity index (χ0) is 16.1. The van der Waals surface area contributed by atoms with Crippen LogP contribution < -0.4 is 11.1 Å². The molecular formula is C19H25ClN2O. The Balaban J connectivity index is 0.00000264. The van der Waals surface area contributed by atoms with Gasteiger partial charge in [0.1, 0.15) is 0 Å². The molecule has 0 aliphatic rings. The van der Waals surface area contributed by atoms with Crippen LogP contribution in [0.4, 0.5) is 0 Å². The summed E-state index contributed by atoms with van der Waals surface area (Å²) < 4.78 is 0. The normalized spacial score (nSPS) is 12.9. The molecule has 2 aromatic carbocycles. The van der Waals surface area contributed by atoms with Gasteiger partial charge in [-0.2, -0.15) is 0 Å². The van der Waals surface area contributed by atoms with Crippen molar-refractivity contribution in [3.8, 4) is 0 Å². The number of nitrogens with one attached hydrogen (secondary N) is 1. The molecule has 0 bridgehead atoms. The van der Waals surface area contributed by atoms with Crippen LogP contribution in [0.1, 0.15) is 35.2 Å². The highest BCUT2D eigenvalue weighted by atomic mass is 35.5.